The number of carbonyl (C=O) groups is 1. The molecule has 5 rings (SSSR count). The highest BCUT2D eigenvalue weighted by atomic mass is 32.1. The highest BCUT2D eigenvalue weighted by molar-refractivity contribution is 7.22. The van der Waals surface area contributed by atoms with E-state index in [1.54, 1.807) is 12.5 Å². The van der Waals surface area contributed by atoms with Gasteiger partial charge in [0.25, 0.3) is 0 Å². The number of nitrogens with zero attached hydrogens (tertiary/aromatic N) is 4. The number of hydrogen-bond donors (Lipinski definition) is 3. The van der Waals surface area contributed by atoms with Crippen molar-refractivity contribution >= 4 is 38.4 Å². The SMILES string of the molecule is Nc1ccc(-c2cncn2-c2n[nH]c3nc(NC(=O)C4CC4)sc23)cc1. The number of carbonyl (C=O) groups excluding carboxylic acids is 1. The summed E-state index contributed by atoms with van der Waals surface area (Å²) in [6.45, 7) is 0. The lowest BCUT2D eigenvalue weighted by Crippen LogP contribution is -2.12. The molecule has 1 aliphatic rings. The smallest absolute Gasteiger partial charge is 0.229 e. The Morgan fingerprint density at radius 3 is 2.88 bits per heavy atom. The molecule has 26 heavy (non-hydrogen) atoms. The lowest BCUT2D eigenvalue weighted by molar-refractivity contribution is -0.117. The van der Waals surface area contributed by atoms with E-state index in [1.165, 1.54) is 11.3 Å². The summed E-state index contributed by atoms with van der Waals surface area (Å²) in [5.74, 6) is 0.885. The van der Waals surface area contributed by atoms with Gasteiger partial charge in [-0.25, -0.2) is 9.97 Å². The Morgan fingerprint density at radius 2 is 2.12 bits per heavy atom. The fourth-order valence-electron chi connectivity index (χ4n) is 2.81. The van der Waals surface area contributed by atoms with Crippen LogP contribution in [0.3, 0.4) is 0 Å². The number of anilines is 2. The lowest BCUT2D eigenvalue weighted by Gasteiger charge is -2.05. The Balaban J connectivity index is 1.53. The molecule has 0 spiro atoms. The van der Waals surface area contributed by atoms with Gasteiger partial charge in [-0.15, -0.1) is 0 Å². The molecule has 130 valence electrons. The van der Waals surface area contributed by atoms with Crippen LogP contribution in [0, 0.1) is 5.92 Å². The van der Waals surface area contributed by atoms with E-state index in [0.717, 1.165) is 28.8 Å². The number of fused-ring (bicyclic) bond motifs is 1. The van der Waals surface area contributed by atoms with E-state index in [2.05, 4.69) is 25.5 Å². The predicted octanol–water partition coefficient (Wildman–Crippen LogP) is 2.80. The minimum absolute atomic E-state index is 0.0427. The number of aromatic nitrogens is 5. The molecule has 1 fully saturated rings. The van der Waals surface area contributed by atoms with Gasteiger partial charge in [-0.2, -0.15) is 5.10 Å². The van der Waals surface area contributed by atoms with Crippen molar-refractivity contribution in [3.05, 3.63) is 36.8 Å². The highest BCUT2D eigenvalue weighted by Gasteiger charge is 2.30. The van der Waals surface area contributed by atoms with E-state index in [9.17, 15) is 4.79 Å². The molecule has 9 heteroatoms. The average Bonchev–Trinajstić information content (AvgIpc) is 3.06. The molecular weight excluding hydrogens is 350 g/mol. The minimum atomic E-state index is 0.0427. The van der Waals surface area contributed by atoms with Crippen molar-refractivity contribution in [1.29, 1.82) is 0 Å². The number of nitrogen functional groups attached to an aromatic ring is 1. The van der Waals surface area contributed by atoms with Crippen LogP contribution in [0.25, 0.3) is 27.4 Å². The Morgan fingerprint density at radius 1 is 1.31 bits per heavy atom. The molecule has 0 radical (unpaired) electrons. The third-order valence-corrected chi connectivity index (χ3v) is 5.32. The summed E-state index contributed by atoms with van der Waals surface area (Å²) < 4.78 is 2.76. The number of hydrogen-bond acceptors (Lipinski definition) is 6. The summed E-state index contributed by atoms with van der Waals surface area (Å²) in [5.41, 5.74) is 9.01. The Labute approximate surface area is 152 Å². The molecule has 1 aliphatic carbocycles. The van der Waals surface area contributed by atoms with Crippen LogP contribution in [0.1, 0.15) is 12.8 Å². The second-order valence-electron chi connectivity index (χ2n) is 6.28. The highest BCUT2D eigenvalue weighted by Crippen LogP contribution is 2.34. The summed E-state index contributed by atoms with van der Waals surface area (Å²) in [5, 5.41) is 10.8. The van der Waals surface area contributed by atoms with Crippen LogP contribution in [-0.2, 0) is 4.79 Å². The van der Waals surface area contributed by atoms with E-state index in [4.69, 9.17) is 5.73 Å². The number of nitrogens with two attached hydrogens (primary N) is 1. The van der Waals surface area contributed by atoms with E-state index < -0.39 is 0 Å². The van der Waals surface area contributed by atoms with Crippen LogP contribution in [0.4, 0.5) is 10.8 Å². The molecule has 1 amide bonds. The maximum atomic E-state index is 12.0. The Bertz CT molecular complexity index is 1100. The Hall–Kier alpha value is -3.20. The monoisotopic (exact) mass is 365 g/mol. The molecule has 1 saturated carbocycles. The number of aromatic amines is 1. The van der Waals surface area contributed by atoms with Crippen LogP contribution in [0.5, 0.6) is 0 Å². The van der Waals surface area contributed by atoms with E-state index in [1.807, 2.05) is 28.8 Å². The van der Waals surface area contributed by atoms with Crippen LogP contribution in [-0.4, -0.2) is 30.6 Å². The average molecular weight is 365 g/mol. The van der Waals surface area contributed by atoms with Gasteiger partial charge in [0.05, 0.1) is 11.9 Å². The van der Waals surface area contributed by atoms with Crippen molar-refractivity contribution in [2.45, 2.75) is 12.8 Å². The molecule has 0 unspecified atom stereocenters. The van der Waals surface area contributed by atoms with Crippen LogP contribution < -0.4 is 11.1 Å². The Kier molecular flexibility index (Phi) is 3.29. The zero-order valence-corrected chi connectivity index (χ0v) is 14.5. The molecular formula is C17H15N7OS. The fraction of sp³-hybridized carbons (Fsp3) is 0.176. The molecule has 4 aromatic rings. The second kappa shape index (κ2) is 5.67. The number of benzene rings is 1. The van der Waals surface area contributed by atoms with E-state index >= 15 is 0 Å². The van der Waals surface area contributed by atoms with Crippen molar-refractivity contribution in [2.75, 3.05) is 11.1 Å². The standard InChI is InChI=1S/C17H15N7OS/c18-11-5-3-9(4-6-11)12-7-19-8-24(12)15-13-14(22-23-15)20-17(26-13)21-16(25)10-1-2-10/h3-8,10H,1-2,18H2,(H2,20,21,22,23,25). The predicted molar refractivity (Wildman–Crippen MR) is 100 cm³/mol. The molecule has 0 atom stereocenters. The third kappa shape index (κ3) is 2.53. The largest absolute Gasteiger partial charge is 0.399 e. The summed E-state index contributed by atoms with van der Waals surface area (Å²) in [6.07, 6.45) is 5.41. The van der Waals surface area contributed by atoms with Crippen LogP contribution >= 0.6 is 11.3 Å². The number of H-pyrrole nitrogens is 1. The van der Waals surface area contributed by atoms with Crippen molar-refractivity contribution in [3.63, 3.8) is 0 Å². The van der Waals surface area contributed by atoms with Crippen LogP contribution in [0.2, 0.25) is 0 Å². The normalized spacial score (nSPS) is 14.0. The molecule has 0 bridgehead atoms. The van der Waals surface area contributed by atoms with Gasteiger partial charge >= 0.3 is 0 Å². The molecule has 3 aromatic heterocycles. The van der Waals surface area contributed by atoms with Gasteiger partial charge in [0.15, 0.2) is 16.6 Å². The van der Waals surface area contributed by atoms with Crippen molar-refractivity contribution in [2.24, 2.45) is 5.92 Å². The number of amides is 1. The summed E-state index contributed by atoms with van der Waals surface area (Å²) in [7, 11) is 0. The fourth-order valence-corrected chi connectivity index (χ4v) is 3.71. The van der Waals surface area contributed by atoms with Gasteiger partial charge in [-0.3, -0.25) is 14.5 Å². The van der Waals surface area contributed by atoms with Gasteiger partial charge in [0.1, 0.15) is 11.0 Å². The first-order valence-corrected chi connectivity index (χ1v) is 9.05. The molecule has 4 N–H and O–H groups in total. The first-order valence-electron chi connectivity index (χ1n) is 8.23. The molecule has 0 saturated heterocycles. The topological polar surface area (TPSA) is 115 Å². The van der Waals surface area contributed by atoms with Crippen molar-refractivity contribution in [1.82, 2.24) is 24.7 Å². The summed E-state index contributed by atoms with van der Waals surface area (Å²) in [4.78, 5) is 20.6. The number of nitrogens with one attached hydrogen (secondary N) is 2. The summed E-state index contributed by atoms with van der Waals surface area (Å²) in [6, 6.07) is 7.59. The van der Waals surface area contributed by atoms with E-state index in [0.29, 0.717) is 22.3 Å². The molecule has 8 nitrogen and oxygen atoms in total. The first kappa shape index (κ1) is 15.1. The lowest BCUT2D eigenvalue weighted by atomic mass is 10.1. The van der Waals surface area contributed by atoms with Gasteiger partial charge in [-0.1, -0.05) is 23.5 Å². The molecule has 3 heterocycles. The maximum Gasteiger partial charge on any atom is 0.229 e. The van der Waals surface area contributed by atoms with Crippen molar-refractivity contribution < 1.29 is 4.79 Å². The van der Waals surface area contributed by atoms with Crippen molar-refractivity contribution in [3.8, 4) is 17.1 Å². The third-order valence-electron chi connectivity index (χ3n) is 4.35. The first-order chi connectivity index (χ1) is 12.7. The number of rotatable bonds is 4. The zero-order chi connectivity index (χ0) is 17.7. The summed E-state index contributed by atoms with van der Waals surface area (Å²) >= 11 is 1.40. The quantitative estimate of drug-likeness (QED) is 0.481. The number of thiazole rings is 1. The maximum absolute atomic E-state index is 12.0. The second-order valence-corrected chi connectivity index (χ2v) is 7.28. The van der Waals surface area contributed by atoms with Crippen LogP contribution in [0.15, 0.2) is 36.8 Å². The van der Waals surface area contributed by atoms with E-state index in [-0.39, 0.29) is 11.8 Å². The van der Waals surface area contributed by atoms with Gasteiger partial charge < -0.3 is 11.1 Å². The number of imidazole rings is 1. The van der Waals surface area contributed by atoms with Gasteiger partial charge in [0.2, 0.25) is 5.91 Å². The molecule has 1 aromatic carbocycles. The van der Waals surface area contributed by atoms with Gasteiger partial charge in [-0.05, 0) is 25.0 Å². The zero-order valence-electron chi connectivity index (χ0n) is 13.6. The minimum Gasteiger partial charge on any atom is -0.399 e. The van der Waals surface area contributed by atoms with Gasteiger partial charge in [0, 0.05) is 17.2 Å². The molecule has 0 aliphatic heterocycles.